The Hall–Kier alpha value is -2.43. The van der Waals surface area contributed by atoms with Crippen LogP contribution in [0.3, 0.4) is 0 Å². The molecule has 0 unspecified atom stereocenters. The summed E-state index contributed by atoms with van der Waals surface area (Å²) in [6, 6.07) is 8.36. The van der Waals surface area contributed by atoms with E-state index < -0.39 is 0 Å². The number of anilines is 3. The number of hydrogen-bond donors (Lipinski definition) is 2. The SMILES string of the molecule is Nc1ncnc(Nc2ccc(C3CCCCC3)cc2)c1C=O. The smallest absolute Gasteiger partial charge is 0.157 e. The summed E-state index contributed by atoms with van der Waals surface area (Å²) in [7, 11) is 0. The molecule has 0 saturated heterocycles. The Kier molecular flexibility index (Phi) is 4.32. The van der Waals surface area contributed by atoms with Gasteiger partial charge >= 0.3 is 0 Å². The van der Waals surface area contributed by atoms with Gasteiger partial charge in [-0.15, -0.1) is 0 Å². The zero-order valence-corrected chi connectivity index (χ0v) is 12.5. The highest BCUT2D eigenvalue weighted by atomic mass is 16.1. The van der Waals surface area contributed by atoms with Crippen LogP contribution in [0.2, 0.25) is 0 Å². The summed E-state index contributed by atoms with van der Waals surface area (Å²) in [5.74, 6) is 1.31. The molecular weight excluding hydrogens is 276 g/mol. The van der Waals surface area contributed by atoms with E-state index in [4.69, 9.17) is 5.73 Å². The van der Waals surface area contributed by atoms with Crippen LogP contribution in [0.25, 0.3) is 0 Å². The molecule has 1 aliphatic carbocycles. The van der Waals surface area contributed by atoms with Crippen LogP contribution in [0.4, 0.5) is 17.3 Å². The fraction of sp³-hybridized carbons (Fsp3) is 0.353. The number of nitrogens with one attached hydrogen (secondary N) is 1. The van der Waals surface area contributed by atoms with Crippen molar-refractivity contribution in [3.63, 3.8) is 0 Å². The summed E-state index contributed by atoms with van der Waals surface area (Å²) in [5, 5.41) is 3.13. The number of nitrogens with two attached hydrogens (primary N) is 1. The second kappa shape index (κ2) is 6.56. The van der Waals surface area contributed by atoms with Gasteiger partial charge in [0.05, 0.1) is 5.56 Å². The van der Waals surface area contributed by atoms with Gasteiger partial charge in [-0.2, -0.15) is 0 Å². The van der Waals surface area contributed by atoms with E-state index in [-0.39, 0.29) is 5.82 Å². The fourth-order valence-electron chi connectivity index (χ4n) is 3.04. The Bertz CT molecular complexity index is 648. The first kappa shape index (κ1) is 14.5. The van der Waals surface area contributed by atoms with E-state index in [1.165, 1.54) is 44.0 Å². The molecule has 5 nitrogen and oxygen atoms in total. The van der Waals surface area contributed by atoms with Gasteiger partial charge in [0.2, 0.25) is 0 Å². The first-order chi connectivity index (χ1) is 10.8. The Morgan fingerprint density at radius 1 is 1.09 bits per heavy atom. The van der Waals surface area contributed by atoms with Crippen LogP contribution >= 0.6 is 0 Å². The summed E-state index contributed by atoms with van der Waals surface area (Å²) in [6.07, 6.45) is 8.60. The zero-order chi connectivity index (χ0) is 15.4. The molecule has 22 heavy (non-hydrogen) atoms. The van der Waals surface area contributed by atoms with Crippen molar-refractivity contribution in [2.24, 2.45) is 0 Å². The van der Waals surface area contributed by atoms with Gasteiger partial charge in [-0.05, 0) is 36.5 Å². The molecule has 0 spiro atoms. The molecule has 114 valence electrons. The number of aldehydes is 1. The van der Waals surface area contributed by atoms with E-state index in [0.717, 1.165) is 5.69 Å². The lowest BCUT2D eigenvalue weighted by atomic mass is 9.84. The van der Waals surface area contributed by atoms with Crippen LogP contribution < -0.4 is 11.1 Å². The summed E-state index contributed by atoms with van der Waals surface area (Å²) < 4.78 is 0. The molecule has 5 heteroatoms. The van der Waals surface area contributed by atoms with Crippen molar-refractivity contribution in [1.29, 1.82) is 0 Å². The fourth-order valence-corrected chi connectivity index (χ4v) is 3.04. The van der Waals surface area contributed by atoms with Crippen molar-refractivity contribution in [3.8, 4) is 0 Å². The van der Waals surface area contributed by atoms with Crippen LogP contribution in [-0.4, -0.2) is 16.3 Å². The van der Waals surface area contributed by atoms with E-state index in [9.17, 15) is 4.79 Å². The van der Waals surface area contributed by atoms with E-state index in [2.05, 4.69) is 27.4 Å². The summed E-state index contributed by atoms with van der Waals surface area (Å²) in [5.41, 5.74) is 8.26. The second-order valence-corrected chi connectivity index (χ2v) is 5.72. The molecule has 1 heterocycles. The van der Waals surface area contributed by atoms with Crippen LogP contribution in [0.15, 0.2) is 30.6 Å². The topological polar surface area (TPSA) is 80.9 Å². The molecular formula is C17H20N4O. The van der Waals surface area contributed by atoms with Gasteiger partial charge in [0.15, 0.2) is 6.29 Å². The standard InChI is InChI=1S/C17H20N4O/c18-16-15(10-22)17(20-11-19-16)21-14-8-6-13(7-9-14)12-4-2-1-3-5-12/h6-12H,1-5H2,(H3,18,19,20,21). The molecule has 3 rings (SSSR count). The van der Waals surface area contributed by atoms with Gasteiger partial charge in [0.25, 0.3) is 0 Å². The maximum atomic E-state index is 11.1. The Labute approximate surface area is 130 Å². The summed E-state index contributed by atoms with van der Waals surface area (Å²) in [6.45, 7) is 0. The highest BCUT2D eigenvalue weighted by Gasteiger charge is 2.15. The molecule has 0 aliphatic heterocycles. The van der Waals surface area contributed by atoms with Gasteiger partial charge in [-0.3, -0.25) is 4.79 Å². The third-order valence-electron chi connectivity index (χ3n) is 4.28. The van der Waals surface area contributed by atoms with Crippen molar-refractivity contribution in [2.75, 3.05) is 11.1 Å². The van der Waals surface area contributed by atoms with Crippen molar-refractivity contribution >= 4 is 23.6 Å². The Morgan fingerprint density at radius 3 is 2.50 bits per heavy atom. The number of benzene rings is 1. The van der Waals surface area contributed by atoms with E-state index in [0.29, 0.717) is 23.6 Å². The monoisotopic (exact) mass is 296 g/mol. The van der Waals surface area contributed by atoms with Crippen LogP contribution in [0, 0.1) is 0 Å². The normalized spacial score (nSPS) is 15.5. The zero-order valence-electron chi connectivity index (χ0n) is 12.5. The molecule has 3 N–H and O–H groups in total. The first-order valence-electron chi connectivity index (χ1n) is 7.70. The number of nitrogens with zero attached hydrogens (tertiary/aromatic N) is 2. The summed E-state index contributed by atoms with van der Waals surface area (Å²) >= 11 is 0. The minimum Gasteiger partial charge on any atom is -0.383 e. The molecule has 1 fully saturated rings. The lowest BCUT2D eigenvalue weighted by molar-refractivity contribution is 0.112. The molecule has 2 aromatic rings. The average Bonchev–Trinajstić information content (AvgIpc) is 2.57. The molecule has 0 amide bonds. The number of aromatic nitrogens is 2. The quantitative estimate of drug-likeness (QED) is 0.841. The maximum Gasteiger partial charge on any atom is 0.157 e. The van der Waals surface area contributed by atoms with Gasteiger partial charge < -0.3 is 11.1 Å². The maximum absolute atomic E-state index is 11.1. The third kappa shape index (κ3) is 3.08. The molecule has 1 aromatic carbocycles. The Balaban J connectivity index is 1.76. The number of nitrogen functional groups attached to an aromatic ring is 1. The lowest BCUT2D eigenvalue weighted by Crippen LogP contribution is -2.06. The number of carbonyl (C=O) groups is 1. The van der Waals surface area contributed by atoms with Gasteiger partial charge in [0, 0.05) is 5.69 Å². The van der Waals surface area contributed by atoms with Crippen molar-refractivity contribution in [2.45, 2.75) is 38.0 Å². The minimum absolute atomic E-state index is 0.186. The van der Waals surface area contributed by atoms with E-state index in [1.54, 1.807) is 0 Å². The first-order valence-corrected chi connectivity index (χ1v) is 7.70. The molecule has 1 saturated carbocycles. The second-order valence-electron chi connectivity index (χ2n) is 5.72. The highest BCUT2D eigenvalue weighted by Crippen LogP contribution is 2.33. The van der Waals surface area contributed by atoms with Crippen molar-refractivity contribution in [3.05, 3.63) is 41.7 Å². The Morgan fingerprint density at radius 2 is 1.82 bits per heavy atom. The van der Waals surface area contributed by atoms with Crippen LogP contribution in [0.1, 0.15) is 53.9 Å². The number of rotatable bonds is 4. The summed E-state index contributed by atoms with van der Waals surface area (Å²) in [4.78, 5) is 19.0. The van der Waals surface area contributed by atoms with Crippen molar-refractivity contribution < 1.29 is 4.79 Å². The largest absolute Gasteiger partial charge is 0.383 e. The van der Waals surface area contributed by atoms with Crippen LogP contribution in [-0.2, 0) is 0 Å². The van der Waals surface area contributed by atoms with Crippen LogP contribution in [0.5, 0.6) is 0 Å². The minimum atomic E-state index is 0.186. The molecule has 0 bridgehead atoms. The van der Waals surface area contributed by atoms with E-state index in [1.807, 2.05) is 12.1 Å². The van der Waals surface area contributed by atoms with E-state index >= 15 is 0 Å². The molecule has 0 atom stereocenters. The number of hydrogen-bond acceptors (Lipinski definition) is 5. The molecule has 1 aromatic heterocycles. The molecule has 1 aliphatic rings. The predicted molar refractivity (Wildman–Crippen MR) is 87.4 cm³/mol. The average molecular weight is 296 g/mol. The predicted octanol–water partition coefficient (Wildman–Crippen LogP) is 3.66. The lowest BCUT2D eigenvalue weighted by Gasteiger charge is -2.22. The van der Waals surface area contributed by atoms with Crippen molar-refractivity contribution in [1.82, 2.24) is 9.97 Å². The van der Waals surface area contributed by atoms with Gasteiger partial charge in [-0.1, -0.05) is 31.4 Å². The van der Waals surface area contributed by atoms with Gasteiger partial charge in [0.1, 0.15) is 18.0 Å². The highest BCUT2D eigenvalue weighted by molar-refractivity contribution is 5.89. The number of carbonyl (C=O) groups excluding carboxylic acids is 1. The third-order valence-corrected chi connectivity index (χ3v) is 4.28. The molecule has 0 radical (unpaired) electrons. The van der Waals surface area contributed by atoms with Gasteiger partial charge in [-0.25, -0.2) is 9.97 Å².